The number of aryl methyl sites for hydroxylation is 2. The topological polar surface area (TPSA) is 17.8 Å². The molecule has 110 valence electrons. The molecule has 21 heavy (non-hydrogen) atoms. The predicted octanol–water partition coefficient (Wildman–Crippen LogP) is 4.94. The third-order valence-electron chi connectivity index (χ3n) is 3.77. The van der Waals surface area contributed by atoms with Gasteiger partial charge >= 0.3 is 0 Å². The first kappa shape index (κ1) is 14.5. The lowest BCUT2D eigenvalue weighted by molar-refractivity contribution is 0.617. The van der Waals surface area contributed by atoms with Gasteiger partial charge in [0.05, 0.1) is 17.1 Å². The Morgan fingerprint density at radius 3 is 2.90 bits per heavy atom. The number of nitrogens with zero attached hydrogens (tertiary/aromatic N) is 2. The van der Waals surface area contributed by atoms with Gasteiger partial charge in [-0.2, -0.15) is 11.3 Å². The van der Waals surface area contributed by atoms with Gasteiger partial charge in [-0.3, -0.25) is 0 Å². The Kier molecular flexibility index (Phi) is 4.00. The largest absolute Gasteiger partial charge is 0.321 e. The lowest BCUT2D eigenvalue weighted by atomic mass is 10.1. The van der Waals surface area contributed by atoms with E-state index in [0.717, 1.165) is 11.3 Å². The summed E-state index contributed by atoms with van der Waals surface area (Å²) in [5.74, 6) is 1.19. The molecule has 2 nitrogen and oxygen atoms in total. The molecule has 1 unspecified atom stereocenters. The smallest absolute Gasteiger partial charge is 0.128 e. The Morgan fingerprint density at radius 1 is 1.43 bits per heavy atom. The molecule has 2 heterocycles. The highest BCUT2D eigenvalue weighted by Crippen LogP contribution is 2.29. The number of hydrogen-bond donors (Lipinski definition) is 0. The van der Waals surface area contributed by atoms with Crippen molar-refractivity contribution in [2.75, 3.05) is 5.88 Å². The van der Waals surface area contributed by atoms with Crippen LogP contribution in [0.3, 0.4) is 0 Å². The van der Waals surface area contributed by atoms with Crippen LogP contribution >= 0.6 is 22.9 Å². The van der Waals surface area contributed by atoms with Crippen LogP contribution in [0, 0.1) is 12.7 Å². The van der Waals surface area contributed by atoms with Gasteiger partial charge in [-0.15, -0.1) is 11.6 Å². The van der Waals surface area contributed by atoms with Crippen molar-refractivity contribution >= 4 is 34.0 Å². The van der Waals surface area contributed by atoms with E-state index in [1.807, 2.05) is 6.07 Å². The number of fused-ring (bicyclic) bond motifs is 1. The maximum absolute atomic E-state index is 13.8. The first-order valence-electron chi connectivity index (χ1n) is 6.87. The second kappa shape index (κ2) is 5.78. The van der Waals surface area contributed by atoms with Crippen LogP contribution in [0.15, 0.2) is 29.0 Å². The molecular formula is C16H16ClFN2S. The van der Waals surface area contributed by atoms with Crippen LogP contribution in [0.4, 0.5) is 4.39 Å². The molecule has 2 aromatic heterocycles. The highest BCUT2D eigenvalue weighted by Gasteiger charge is 2.18. The number of halogens is 2. The monoisotopic (exact) mass is 322 g/mol. The Labute approximate surface area is 132 Å². The number of rotatable bonds is 4. The summed E-state index contributed by atoms with van der Waals surface area (Å²) in [5.41, 5.74) is 3.53. The fourth-order valence-electron chi connectivity index (χ4n) is 2.63. The van der Waals surface area contributed by atoms with Gasteiger partial charge in [0.1, 0.15) is 11.6 Å². The number of alkyl halides is 1. The summed E-state index contributed by atoms with van der Waals surface area (Å²) in [6.45, 7) is 3.92. The van der Waals surface area contributed by atoms with Gasteiger partial charge in [-0.1, -0.05) is 0 Å². The van der Waals surface area contributed by atoms with Gasteiger partial charge in [0, 0.05) is 18.4 Å². The van der Waals surface area contributed by atoms with Gasteiger partial charge in [0.25, 0.3) is 0 Å². The van der Waals surface area contributed by atoms with E-state index in [-0.39, 0.29) is 11.9 Å². The van der Waals surface area contributed by atoms with Crippen molar-refractivity contribution in [1.29, 1.82) is 0 Å². The van der Waals surface area contributed by atoms with E-state index in [4.69, 9.17) is 11.6 Å². The van der Waals surface area contributed by atoms with Crippen LogP contribution in [0.25, 0.3) is 11.0 Å². The summed E-state index contributed by atoms with van der Waals surface area (Å²) in [4.78, 5) is 4.58. The number of hydrogen-bond acceptors (Lipinski definition) is 2. The van der Waals surface area contributed by atoms with Crippen LogP contribution < -0.4 is 0 Å². The van der Waals surface area contributed by atoms with Crippen LogP contribution in [-0.4, -0.2) is 15.4 Å². The van der Waals surface area contributed by atoms with Gasteiger partial charge in [-0.05, 0) is 47.9 Å². The number of imidazole rings is 1. The summed E-state index contributed by atoms with van der Waals surface area (Å²) in [7, 11) is 0. The lowest BCUT2D eigenvalue weighted by Gasteiger charge is -2.17. The summed E-state index contributed by atoms with van der Waals surface area (Å²) < 4.78 is 15.9. The van der Waals surface area contributed by atoms with Crippen molar-refractivity contribution in [2.45, 2.75) is 26.3 Å². The quantitative estimate of drug-likeness (QED) is 0.622. The number of benzene rings is 1. The van der Waals surface area contributed by atoms with E-state index in [2.05, 4.69) is 33.3 Å². The van der Waals surface area contributed by atoms with Crippen molar-refractivity contribution < 1.29 is 4.39 Å². The van der Waals surface area contributed by atoms with Crippen molar-refractivity contribution in [2.24, 2.45) is 0 Å². The molecule has 3 rings (SSSR count). The molecule has 0 radical (unpaired) electrons. The lowest BCUT2D eigenvalue weighted by Crippen LogP contribution is -2.10. The summed E-state index contributed by atoms with van der Waals surface area (Å²) in [6, 6.07) is 5.66. The Balaban J connectivity index is 2.22. The minimum atomic E-state index is -0.215. The molecule has 5 heteroatoms. The Bertz CT molecular complexity index is 764. The first-order chi connectivity index (χ1) is 10.1. The SMILES string of the molecule is Cc1cc2c(cc1F)nc(CCCl)n2C(C)c1ccsc1. The van der Waals surface area contributed by atoms with Crippen LogP contribution in [-0.2, 0) is 6.42 Å². The zero-order chi connectivity index (χ0) is 15.0. The van der Waals surface area contributed by atoms with Gasteiger partial charge in [0.2, 0.25) is 0 Å². The van der Waals surface area contributed by atoms with E-state index in [1.54, 1.807) is 18.3 Å². The highest BCUT2D eigenvalue weighted by molar-refractivity contribution is 7.07. The van der Waals surface area contributed by atoms with Crippen molar-refractivity contribution in [3.05, 3.63) is 51.7 Å². The fourth-order valence-corrected chi connectivity index (χ4v) is 3.54. The minimum absolute atomic E-state index is 0.157. The third kappa shape index (κ3) is 2.58. The standard InChI is InChI=1S/C16H16ClFN2S/c1-10-7-15-14(8-13(10)18)19-16(3-5-17)20(15)11(2)12-4-6-21-9-12/h4,6-9,11H,3,5H2,1-2H3. The Hall–Kier alpha value is -1.39. The molecule has 0 amide bonds. The summed E-state index contributed by atoms with van der Waals surface area (Å²) in [6.07, 6.45) is 0.672. The van der Waals surface area contributed by atoms with E-state index in [9.17, 15) is 4.39 Å². The van der Waals surface area contributed by atoms with E-state index in [1.165, 1.54) is 11.6 Å². The molecule has 1 aromatic carbocycles. The minimum Gasteiger partial charge on any atom is -0.321 e. The predicted molar refractivity (Wildman–Crippen MR) is 87.0 cm³/mol. The molecule has 3 aromatic rings. The molecule has 0 aliphatic rings. The average Bonchev–Trinajstić information content (AvgIpc) is 3.07. The van der Waals surface area contributed by atoms with Crippen molar-refractivity contribution in [3.8, 4) is 0 Å². The second-order valence-electron chi connectivity index (χ2n) is 5.16. The second-order valence-corrected chi connectivity index (χ2v) is 6.32. The van der Waals surface area contributed by atoms with E-state index in [0.29, 0.717) is 23.4 Å². The molecule has 0 aliphatic carbocycles. The fraction of sp³-hybridized carbons (Fsp3) is 0.312. The molecule has 0 saturated carbocycles. The van der Waals surface area contributed by atoms with Crippen molar-refractivity contribution in [1.82, 2.24) is 9.55 Å². The van der Waals surface area contributed by atoms with Gasteiger partial charge in [-0.25, -0.2) is 9.37 Å². The molecule has 1 atom stereocenters. The molecule has 0 fully saturated rings. The zero-order valence-electron chi connectivity index (χ0n) is 11.9. The Morgan fingerprint density at radius 2 is 2.24 bits per heavy atom. The van der Waals surface area contributed by atoms with Gasteiger partial charge < -0.3 is 4.57 Å². The third-order valence-corrected chi connectivity index (χ3v) is 4.66. The average molecular weight is 323 g/mol. The normalized spacial score (nSPS) is 13.0. The number of aromatic nitrogens is 2. The highest BCUT2D eigenvalue weighted by atomic mass is 35.5. The van der Waals surface area contributed by atoms with Crippen LogP contribution in [0.5, 0.6) is 0 Å². The molecule has 0 N–H and O–H groups in total. The summed E-state index contributed by atoms with van der Waals surface area (Å²) in [5, 5.41) is 4.20. The molecule has 0 aliphatic heterocycles. The first-order valence-corrected chi connectivity index (χ1v) is 8.34. The van der Waals surface area contributed by atoms with Crippen LogP contribution in [0.1, 0.15) is 29.9 Å². The van der Waals surface area contributed by atoms with Gasteiger partial charge in [0.15, 0.2) is 0 Å². The molecule has 0 spiro atoms. The molecule has 0 bridgehead atoms. The zero-order valence-corrected chi connectivity index (χ0v) is 13.5. The van der Waals surface area contributed by atoms with Crippen LogP contribution in [0.2, 0.25) is 0 Å². The van der Waals surface area contributed by atoms with E-state index < -0.39 is 0 Å². The number of thiophene rings is 1. The summed E-state index contributed by atoms with van der Waals surface area (Å²) >= 11 is 7.58. The van der Waals surface area contributed by atoms with Crippen molar-refractivity contribution in [3.63, 3.8) is 0 Å². The molecule has 0 saturated heterocycles. The maximum atomic E-state index is 13.8. The van der Waals surface area contributed by atoms with E-state index >= 15 is 0 Å². The maximum Gasteiger partial charge on any atom is 0.128 e. The molecular weight excluding hydrogens is 307 g/mol.